The van der Waals surface area contributed by atoms with Gasteiger partial charge in [0.2, 0.25) is 0 Å². The van der Waals surface area contributed by atoms with Crippen LogP contribution in [0.1, 0.15) is 5.71 Å². The van der Waals surface area contributed by atoms with Gasteiger partial charge < -0.3 is 5.71 Å². The fourth-order valence-corrected chi connectivity index (χ4v) is 0. The molecule has 0 nitrogen and oxygen atoms in total. The smallest absolute Gasteiger partial charge is 1.00 e. The minimum absolute atomic E-state index is 0. The predicted molar refractivity (Wildman–Crippen MR) is 25.9 cm³/mol. The Labute approximate surface area is 121 Å². The van der Waals surface area contributed by atoms with Crippen LogP contribution >= 0.6 is 0 Å². The van der Waals surface area contributed by atoms with Gasteiger partial charge in [0.1, 0.15) is 0 Å². The molecular weight excluding hydrogens is 228 g/mol. The van der Waals surface area contributed by atoms with Gasteiger partial charge in [0.05, 0.1) is 0 Å². The maximum atomic E-state index is 0. The fourth-order valence-electron chi connectivity index (χ4n) is 0. The van der Waals surface area contributed by atoms with Crippen molar-refractivity contribution in [3.05, 3.63) is 0 Å². The van der Waals surface area contributed by atoms with Gasteiger partial charge in [0, 0.05) is 32.7 Å². The second kappa shape index (κ2) is 15.8. The SMILES string of the molecule is [AlH3].[H-].[H-].[H-].[H-].[Mg+2].[Sr+2].[Y]. The Bertz CT molecular complexity index is 16.0. The number of hydrogen-bond donors (Lipinski definition) is 0. The zero-order chi connectivity index (χ0) is 0. The summed E-state index contributed by atoms with van der Waals surface area (Å²) in [6.45, 7) is 0. The molecule has 0 spiro atoms. The standard InChI is InChI=1S/Al.Mg.Sr.Y.7H/q;2*+2;;;;;4*-1. The van der Waals surface area contributed by atoms with Crippen molar-refractivity contribution in [1.82, 2.24) is 0 Å². The maximum absolute atomic E-state index is 0. The first-order valence-electron chi connectivity index (χ1n) is 0. The molecule has 0 N–H and O–H groups in total. The van der Waals surface area contributed by atoms with Crippen molar-refractivity contribution >= 4 is 85.9 Å². The molecule has 4 heteroatoms. The summed E-state index contributed by atoms with van der Waals surface area (Å²) >= 11 is 0. The molecule has 0 amide bonds. The fraction of sp³-hybridized carbons (Fsp3) is 0. The molecule has 0 rings (SSSR count). The summed E-state index contributed by atoms with van der Waals surface area (Å²) in [7, 11) is 0. The van der Waals surface area contributed by atoms with Crippen molar-refractivity contribution in [2.24, 2.45) is 0 Å². The minimum Gasteiger partial charge on any atom is -1.00 e. The number of hydrogen-bond acceptors (Lipinski definition) is 0. The molecule has 0 heterocycles. The zero-order valence-electron chi connectivity index (χ0n) is 5.99. The van der Waals surface area contributed by atoms with E-state index in [1.807, 2.05) is 0 Å². The van der Waals surface area contributed by atoms with E-state index in [0.717, 1.165) is 0 Å². The van der Waals surface area contributed by atoms with Crippen LogP contribution in [-0.4, -0.2) is 85.9 Å². The van der Waals surface area contributed by atoms with Gasteiger partial charge in [-0.25, -0.2) is 0 Å². The van der Waals surface area contributed by atoms with E-state index in [1.54, 1.807) is 0 Å². The van der Waals surface area contributed by atoms with Gasteiger partial charge in [-0.15, -0.1) is 0 Å². The molecule has 0 atom stereocenters. The van der Waals surface area contributed by atoms with Crippen LogP contribution < -0.4 is 0 Å². The van der Waals surface area contributed by atoms with Gasteiger partial charge in [0.25, 0.3) is 0 Å². The third-order valence-corrected chi connectivity index (χ3v) is 0. The summed E-state index contributed by atoms with van der Waals surface area (Å²) in [6.07, 6.45) is 0. The van der Waals surface area contributed by atoms with E-state index in [-0.39, 0.29) is 124 Å². The first kappa shape index (κ1) is 24.8. The molecule has 0 aromatic heterocycles. The largest absolute Gasteiger partial charge is 2.00 e. The molecule has 1 radical (unpaired) electrons. The number of rotatable bonds is 0. The van der Waals surface area contributed by atoms with Crippen LogP contribution in [0.15, 0.2) is 0 Å². The summed E-state index contributed by atoms with van der Waals surface area (Å²) in [4.78, 5) is 0. The molecule has 4 heavy (non-hydrogen) atoms. The minimum atomic E-state index is 0. The molecular formula is H7AlMgSrY. The van der Waals surface area contributed by atoms with Crippen molar-refractivity contribution < 1.29 is 38.4 Å². The monoisotopic (exact) mass is 235 g/mol. The van der Waals surface area contributed by atoms with E-state index in [2.05, 4.69) is 0 Å². The average molecular weight is 235 g/mol. The topological polar surface area (TPSA) is 0 Å². The summed E-state index contributed by atoms with van der Waals surface area (Å²) in [5.74, 6) is 0. The molecule has 0 fully saturated rings. The first-order chi connectivity index (χ1) is 0. The van der Waals surface area contributed by atoms with Gasteiger partial charge in [-0.3, -0.25) is 0 Å². The Balaban J connectivity index is 0. The van der Waals surface area contributed by atoms with Gasteiger partial charge in [0.15, 0.2) is 17.4 Å². The van der Waals surface area contributed by atoms with Crippen LogP contribution in [0.25, 0.3) is 0 Å². The van der Waals surface area contributed by atoms with Gasteiger partial charge >= 0.3 is 68.5 Å². The van der Waals surface area contributed by atoms with Crippen molar-refractivity contribution in [2.75, 3.05) is 0 Å². The van der Waals surface area contributed by atoms with E-state index in [0.29, 0.717) is 0 Å². The summed E-state index contributed by atoms with van der Waals surface area (Å²) in [6, 6.07) is 0. The molecule has 0 aliphatic rings. The summed E-state index contributed by atoms with van der Waals surface area (Å²) in [5, 5.41) is 0. The summed E-state index contributed by atoms with van der Waals surface area (Å²) in [5.41, 5.74) is 0. The van der Waals surface area contributed by atoms with Crippen LogP contribution in [0.3, 0.4) is 0 Å². The van der Waals surface area contributed by atoms with E-state index < -0.39 is 0 Å². The second-order valence-electron chi connectivity index (χ2n) is 0. The van der Waals surface area contributed by atoms with Crippen LogP contribution in [-0.2, 0) is 32.7 Å². The van der Waals surface area contributed by atoms with E-state index in [9.17, 15) is 0 Å². The predicted octanol–water partition coefficient (Wildman–Crippen LogP) is -1.50. The molecule has 0 aliphatic carbocycles. The van der Waals surface area contributed by atoms with Crippen LogP contribution in [0.5, 0.6) is 0 Å². The van der Waals surface area contributed by atoms with E-state index in [4.69, 9.17) is 0 Å². The third kappa shape index (κ3) is 9.30. The Kier molecular flexibility index (Phi) is 97.8. The van der Waals surface area contributed by atoms with Crippen molar-refractivity contribution in [2.45, 2.75) is 0 Å². The van der Waals surface area contributed by atoms with E-state index >= 15 is 0 Å². The van der Waals surface area contributed by atoms with Crippen LogP contribution in [0.2, 0.25) is 0 Å². The Morgan fingerprint density at radius 1 is 1.25 bits per heavy atom. The molecule has 0 bridgehead atoms. The molecule has 0 saturated carbocycles. The van der Waals surface area contributed by atoms with Gasteiger partial charge in [-0.2, -0.15) is 0 Å². The molecule has 0 saturated heterocycles. The van der Waals surface area contributed by atoms with Crippen molar-refractivity contribution in [1.29, 1.82) is 0 Å². The molecule has 0 aromatic carbocycles. The zero-order valence-corrected chi connectivity index (χ0v) is 9.72. The quantitative estimate of drug-likeness (QED) is 0.448. The summed E-state index contributed by atoms with van der Waals surface area (Å²) < 4.78 is 0. The molecule has 0 aliphatic heterocycles. The van der Waals surface area contributed by atoms with Crippen molar-refractivity contribution in [3.63, 3.8) is 0 Å². The van der Waals surface area contributed by atoms with Crippen molar-refractivity contribution in [3.8, 4) is 0 Å². The third-order valence-electron chi connectivity index (χ3n) is 0. The first-order valence-corrected chi connectivity index (χ1v) is 0. The second-order valence-corrected chi connectivity index (χ2v) is 0. The van der Waals surface area contributed by atoms with E-state index in [1.165, 1.54) is 0 Å². The Morgan fingerprint density at radius 2 is 1.25 bits per heavy atom. The normalized spacial score (nSPS) is 0. The maximum Gasteiger partial charge on any atom is 2.00 e. The molecule has 17 valence electrons. The average Bonchev–Trinajstić information content (AvgIpc) is 0. The Morgan fingerprint density at radius 3 is 1.25 bits per heavy atom. The van der Waals surface area contributed by atoms with Gasteiger partial charge in [-0.1, -0.05) is 0 Å². The van der Waals surface area contributed by atoms with Gasteiger partial charge in [-0.05, 0) is 0 Å². The van der Waals surface area contributed by atoms with Crippen LogP contribution in [0.4, 0.5) is 0 Å². The molecule has 0 aromatic rings. The van der Waals surface area contributed by atoms with Crippen LogP contribution in [0, 0.1) is 0 Å². The Hall–Kier alpha value is 3.88. The molecule has 0 unspecified atom stereocenters.